The van der Waals surface area contributed by atoms with Gasteiger partial charge in [0, 0.05) is 29.4 Å². The van der Waals surface area contributed by atoms with Crippen LogP contribution >= 0.6 is 0 Å². The van der Waals surface area contributed by atoms with E-state index in [-0.39, 0.29) is 17.7 Å². The smallest absolute Gasteiger partial charge is 0.241 e. The standard InChI is InChI=1S/C16H19N3O2/c20-15(18-19-16(21)11-8-9-11)7-3-4-12-10-17-14-6-2-1-5-13(12)14/h1-2,5-6,10-11,17H,3-4,7-9H2,(H,18,20)(H,19,21). The van der Waals surface area contributed by atoms with Crippen molar-refractivity contribution in [2.45, 2.75) is 32.1 Å². The molecule has 1 saturated carbocycles. The number of fused-ring (bicyclic) bond motifs is 1. The summed E-state index contributed by atoms with van der Waals surface area (Å²) in [5, 5.41) is 1.21. The van der Waals surface area contributed by atoms with Crippen molar-refractivity contribution < 1.29 is 9.59 Å². The monoisotopic (exact) mass is 285 g/mol. The number of H-pyrrole nitrogens is 1. The third-order valence-electron chi connectivity index (χ3n) is 3.80. The maximum atomic E-state index is 11.6. The first-order valence-electron chi connectivity index (χ1n) is 7.38. The van der Waals surface area contributed by atoms with Crippen LogP contribution in [0.5, 0.6) is 0 Å². The summed E-state index contributed by atoms with van der Waals surface area (Å²) >= 11 is 0. The Morgan fingerprint density at radius 1 is 1.19 bits per heavy atom. The second-order valence-electron chi connectivity index (χ2n) is 5.52. The number of para-hydroxylation sites is 1. The molecule has 110 valence electrons. The molecule has 0 atom stereocenters. The molecule has 1 aromatic carbocycles. The van der Waals surface area contributed by atoms with Crippen LogP contribution in [0.1, 0.15) is 31.2 Å². The molecular formula is C16H19N3O2. The summed E-state index contributed by atoms with van der Waals surface area (Å²) in [5.74, 6) is -0.0969. The first-order valence-corrected chi connectivity index (χ1v) is 7.38. The second-order valence-corrected chi connectivity index (χ2v) is 5.52. The highest BCUT2D eigenvalue weighted by atomic mass is 16.2. The fourth-order valence-corrected chi connectivity index (χ4v) is 2.42. The fraction of sp³-hybridized carbons (Fsp3) is 0.375. The minimum absolute atomic E-state index is 0.0695. The molecule has 0 radical (unpaired) electrons. The van der Waals surface area contributed by atoms with Crippen molar-refractivity contribution in [3.8, 4) is 0 Å². The molecule has 1 heterocycles. The zero-order valence-corrected chi connectivity index (χ0v) is 11.8. The Kier molecular flexibility index (Phi) is 3.90. The predicted octanol–water partition coefficient (Wildman–Crippen LogP) is 2.05. The largest absolute Gasteiger partial charge is 0.361 e. The maximum absolute atomic E-state index is 11.6. The third-order valence-corrected chi connectivity index (χ3v) is 3.80. The number of aromatic amines is 1. The molecule has 2 amide bonds. The van der Waals surface area contributed by atoms with E-state index in [9.17, 15) is 9.59 Å². The summed E-state index contributed by atoms with van der Waals surface area (Å²) in [6.45, 7) is 0. The van der Waals surface area contributed by atoms with Crippen LogP contribution in [0.2, 0.25) is 0 Å². The molecule has 0 saturated heterocycles. The summed E-state index contributed by atoms with van der Waals surface area (Å²) in [7, 11) is 0. The molecule has 0 bridgehead atoms. The first-order chi connectivity index (χ1) is 10.2. The number of amides is 2. The van der Waals surface area contributed by atoms with Gasteiger partial charge in [-0.25, -0.2) is 0 Å². The van der Waals surface area contributed by atoms with Crippen LogP contribution in [0.25, 0.3) is 10.9 Å². The Bertz CT molecular complexity index is 658. The number of nitrogens with one attached hydrogen (secondary N) is 3. The second kappa shape index (κ2) is 5.99. The van der Waals surface area contributed by atoms with E-state index in [0.29, 0.717) is 6.42 Å². The molecule has 0 aliphatic heterocycles. The fourth-order valence-electron chi connectivity index (χ4n) is 2.42. The van der Waals surface area contributed by atoms with Crippen molar-refractivity contribution in [3.63, 3.8) is 0 Å². The SMILES string of the molecule is O=C(CCCc1c[nH]c2ccccc12)NNC(=O)C1CC1. The zero-order chi connectivity index (χ0) is 14.7. The predicted molar refractivity (Wildman–Crippen MR) is 80.2 cm³/mol. The molecule has 0 spiro atoms. The van der Waals surface area contributed by atoms with Crippen LogP contribution in [0.4, 0.5) is 0 Å². The Morgan fingerprint density at radius 2 is 2.00 bits per heavy atom. The maximum Gasteiger partial charge on any atom is 0.241 e. The van der Waals surface area contributed by atoms with Crippen molar-refractivity contribution in [1.82, 2.24) is 15.8 Å². The number of aromatic nitrogens is 1. The van der Waals surface area contributed by atoms with Crippen LogP contribution in [0.15, 0.2) is 30.5 Å². The number of carbonyl (C=O) groups is 2. The highest BCUT2D eigenvalue weighted by Crippen LogP contribution is 2.28. The Labute approximate surface area is 123 Å². The van der Waals surface area contributed by atoms with Crippen molar-refractivity contribution in [2.75, 3.05) is 0 Å². The van der Waals surface area contributed by atoms with E-state index in [2.05, 4.69) is 21.9 Å². The van der Waals surface area contributed by atoms with Crippen LogP contribution in [-0.4, -0.2) is 16.8 Å². The average molecular weight is 285 g/mol. The Balaban J connectivity index is 1.43. The van der Waals surface area contributed by atoms with Gasteiger partial charge in [0.25, 0.3) is 0 Å². The van der Waals surface area contributed by atoms with Gasteiger partial charge in [0.2, 0.25) is 11.8 Å². The van der Waals surface area contributed by atoms with Gasteiger partial charge in [0.1, 0.15) is 0 Å². The number of hydrogen-bond donors (Lipinski definition) is 3. The molecule has 3 N–H and O–H groups in total. The van der Waals surface area contributed by atoms with Gasteiger partial charge in [0.05, 0.1) is 0 Å². The summed E-state index contributed by atoms with van der Waals surface area (Å²) in [6, 6.07) is 8.13. The van der Waals surface area contributed by atoms with E-state index in [0.717, 1.165) is 31.2 Å². The average Bonchev–Trinajstić information content (AvgIpc) is 3.27. The highest BCUT2D eigenvalue weighted by molar-refractivity contribution is 5.85. The molecule has 1 aromatic heterocycles. The Hall–Kier alpha value is -2.30. The topological polar surface area (TPSA) is 74.0 Å². The lowest BCUT2D eigenvalue weighted by Crippen LogP contribution is -2.42. The van der Waals surface area contributed by atoms with Crippen molar-refractivity contribution in [1.29, 1.82) is 0 Å². The van der Waals surface area contributed by atoms with Gasteiger partial charge in [-0.3, -0.25) is 20.4 Å². The summed E-state index contributed by atoms with van der Waals surface area (Å²) < 4.78 is 0. The number of hydrazine groups is 1. The van der Waals surface area contributed by atoms with E-state index in [4.69, 9.17) is 0 Å². The molecule has 3 rings (SSSR count). The first kappa shape index (κ1) is 13.7. The van der Waals surface area contributed by atoms with Gasteiger partial charge in [-0.1, -0.05) is 18.2 Å². The lowest BCUT2D eigenvalue weighted by Gasteiger charge is -2.06. The van der Waals surface area contributed by atoms with Crippen molar-refractivity contribution in [2.24, 2.45) is 5.92 Å². The molecule has 1 aliphatic carbocycles. The van der Waals surface area contributed by atoms with E-state index in [1.54, 1.807) is 0 Å². The number of aryl methyl sites for hydroxylation is 1. The number of rotatable bonds is 5. The molecule has 2 aromatic rings. The van der Waals surface area contributed by atoms with E-state index < -0.39 is 0 Å². The Morgan fingerprint density at radius 3 is 2.81 bits per heavy atom. The van der Waals surface area contributed by atoms with Crippen LogP contribution in [0, 0.1) is 5.92 Å². The molecule has 5 nitrogen and oxygen atoms in total. The number of carbonyl (C=O) groups excluding carboxylic acids is 2. The lowest BCUT2D eigenvalue weighted by molar-refractivity contribution is -0.129. The quantitative estimate of drug-likeness (QED) is 0.736. The van der Waals surface area contributed by atoms with Gasteiger partial charge < -0.3 is 4.98 Å². The van der Waals surface area contributed by atoms with Crippen LogP contribution < -0.4 is 10.9 Å². The molecule has 0 unspecified atom stereocenters. The van der Waals surface area contributed by atoms with Gasteiger partial charge in [-0.15, -0.1) is 0 Å². The van der Waals surface area contributed by atoms with Crippen molar-refractivity contribution in [3.05, 3.63) is 36.0 Å². The van der Waals surface area contributed by atoms with E-state index in [1.165, 1.54) is 10.9 Å². The summed E-state index contributed by atoms with van der Waals surface area (Å²) in [6.07, 6.45) is 5.87. The molecule has 21 heavy (non-hydrogen) atoms. The van der Waals surface area contributed by atoms with Crippen molar-refractivity contribution >= 4 is 22.7 Å². The van der Waals surface area contributed by atoms with Crippen LogP contribution in [-0.2, 0) is 16.0 Å². The van der Waals surface area contributed by atoms with Gasteiger partial charge in [-0.05, 0) is 37.3 Å². The van der Waals surface area contributed by atoms with Gasteiger partial charge in [0.15, 0.2) is 0 Å². The number of hydrogen-bond acceptors (Lipinski definition) is 2. The van der Waals surface area contributed by atoms with E-state index in [1.807, 2.05) is 24.4 Å². The minimum atomic E-state index is -0.135. The van der Waals surface area contributed by atoms with Gasteiger partial charge in [-0.2, -0.15) is 0 Å². The van der Waals surface area contributed by atoms with E-state index >= 15 is 0 Å². The molecule has 5 heteroatoms. The number of benzene rings is 1. The van der Waals surface area contributed by atoms with Gasteiger partial charge >= 0.3 is 0 Å². The minimum Gasteiger partial charge on any atom is -0.361 e. The third kappa shape index (κ3) is 3.42. The van der Waals surface area contributed by atoms with Crippen LogP contribution in [0.3, 0.4) is 0 Å². The lowest BCUT2D eigenvalue weighted by atomic mass is 10.1. The molecule has 1 fully saturated rings. The zero-order valence-electron chi connectivity index (χ0n) is 11.8. The highest BCUT2D eigenvalue weighted by Gasteiger charge is 2.29. The normalized spacial score (nSPS) is 14.1. The summed E-state index contributed by atoms with van der Waals surface area (Å²) in [4.78, 5) is 26.3. The molecular weight excluding hydrogens is 266 g/mol. The summed E-state index contributed by atoms with van der Waals surface area (Å²) in [5.41, 5.74) is 7.29. The molecule has 1 aliphatic rings.